The van der Waals surface area contributed by atoms with Gasteiger partial charge in [-0.1, -0.05) is 11.6 Å². The lowest BCUT2D eigenvalue weighted by molar-refractivity contribution is -0.119. The number of hydrogen-bond acceptors (Lipinski definition) is 7. The van der Waals surface area contributed by atoms with Gasteiger partial charge in [-0.05, 0) is 58.4 Å². The molecule has 2 aromatic rings. The van der Waals surface area contributed by atoms with Crippen molar-refractivity contribution in [2.24, 2.45) is 0 Å². The largest absolute Gasteiger partial charge is 0.508 e. The molecule has 7 heteroatoms. The van der Waals surface area contributed by atoms with Crippen molar-refractivity contribution in [2.45, 2.75) is 51.6 Å². The highest BCUT2D eigenvalue weighted by molar-refractivity contribution is 6.10. The second-order valence-electron chi connectivity index (χ2n) is 9.14. The smallest absolute Gasteiger partial charge is 0.281 e. The molecule has 0 spiro atoms. The molecule has 5 rings (SSSR count). The molecule has 166 valence electrons. The van der Waals surface area contributed by atoms with Crippen LogP contribution in [0.2, 0.25) is 0 Å². The Morgan fingerprint density at radius 3 is 2.62 bits per heavy atom. The number of ether oxygens (including phenoxy) is 3. The number of carbonyl (C=O) groups is 1. The summed E-state index contributed by atoms with van der Waals surface area (Å²) >= 11 is 0. The van der Waals surface area contributed by atoms with E-state index in [1.165, 1.54) is 18.2 Å². The van der Waals surface area contributed by atoms with Gasteiger partial charge < -0.3 is 29.5 Å². The van der Waals surface area contributed by atoms with Gasteiger partial charge in [0.1, 0.15) is 39.9 Å². The molecule has 0 bridgehead atoms. The van der Waals surface area contributed by atoms with Crippen LogP contribution < -0.4 is 14.2 Å². The van der Waals surface area contributed by atoms with Gasteiger partial charge in [0.2, 0.25) is 11.4 Å². The number of benzene rings is 2. The van der Waals surface area contributed by atoms with Crippen molar-refractivity contribution in [3.8, 4) is 28.7 Å². The van der Waals surface area contributed by atoms with E-state index in [9.17, 15) is 20.1 Å². The van der Waals surface area contributed by atoms with E-state index < -0.39 is 23.3 Å². The van der Waals surface area contributed by atoms with Gasteiger partial charge in [0.05, 0.1) is 5.56 Å². The Labute approximate surface area is 185 Å². The summed E-state index contributed by atoms with van der Waals surface area (Å²) in [7, 11) is 0. The van der Waals surface area contributed by atoms with Crippen LogP contribution in [-0.2, 0) is 12.0 Å². The molecule has 2 unspecified atom stereocenters. The lowest BCUT2D eigenvalue weighted by Gasteiger charge is -2.37. The molecule has 32 heavy (non-hydrogen) atoms. The van der Waals surface area contributed by atoms with Crippen LogP contribution >= 0.6 is 0 Å². The van der Waals surface area contributed by atoms with Crippen LogP contribution in [0.15, 0.2) is 35.9 Å². The Morgan fingerprint density at radius 2 is 1.91 bits per heavy atom. The van der Waals surface area contributed by atoms with Crippen molar-refractivity contribution in [2.75, 3.05) is 0 Å². The van der Waals surface area contributed by atoms with Crippen LogP contribution in [0.5, 0.6) is 28.7 Å². The predicted molar refractivity (Wildman–Crippen MR) is 116 cm³/mol. The molecule has 3 heterocycles. The maximum absolute atomic E-state index is 13.7. The van der Waals surface area contributed by atoms with Crippen LogP contribution in [0.3, 0.4) is 0 Å². The molecular formula is C25H24O7. The van der Waals surface area contributed by atoms with Crippen LogP contribution in [0.4, 0.5) is 0 Å². The fourth-order valence-corrected chi connectivity index (χ4v) is 4.34. The average Bonchev–Trinajstić information content (AvgIpc) is 2.99. The number of allylic oxidation sites excluding steroid dienone is 2. The zero-order valence-corrected chi connectivity index (χ0v) is 18.2. The highest BCUT2D eigenvalue weighted by Gasteiger charge is 2.60. The van der Waals surface area contributed by atoms with E-state index >= 15 is 0 Å². The Hall–Kier alpha value is -3.45. The summed E-state index contributed by atoms with van der Waals surface area (Å²) in [6, 6.07) is 4.09. The molecule has 0 aliphatic carbocycles. The summed E-state index contributed by atoms with van der Waals surface area (Å²) in [5, 5.41) is 32.3. The standard InChI is InChI=1S/C25H24O7/c1-12(2)5-7-15-20-14(9-10-24(3,4)32-20)19(27)18-21(15)31-23-25(29,22(18)28)16-8-6-13(26)11-17(16)30-23/h5-6,8-11,23,26-27,29H,7H2,1-4H3. The summed E-state index contributed by atoms with van der Waals surface area (Å²) in [6.07, 6.45) is 4.52. The number of phenols is 2. The first-order valence-corrected chi connectivity index (χ1v) is 10.4. The van der Waals surface area contributed by atoms with Gasteiger partial charge in [0.15, 0.2) is 0 Å². The third-order valence-corrected chi connectivity index (χ3v) is 5.99. The van der Waals surface area contributed by atoms with Gasteiger partial charge in [0.25, 0.3) is 6.29 Å². The Morgan fingerprint density at radius 1 is 1.16 bits per heavy atom. The first-order chi connectivity index (χ1) is 15.0. The van der Waals surface area contributed by atoms with E-state index in [4.69, 9.17) is 14.2 Å². The number of phenolic OH excluding ortho intramolecular Hbond substituents is 2. The Kier molecular flexibility index (Phi) is 4.17. The second kappa shape index (κ2) is 6.53. The van der Waals surface area contributed by atoms with E-state index in [0.717, 1.165) is 5.57 Å². The quantitative estimate of drug-likeness (QED) is 0.612. The number of rotatable bonds is 2. The van der Waals surface area contributed by atoms with Gasteiger partial charge in [-0.2, -0.15) is 0 Å². The molecular weight excluding hydrogens is 412 g/mol. The Balaban J connectivity index is 1.76. The average molecular weight is 436 g/mol. The molecule has 0 saturated heterocycles. The maximum Gasteiger partial charge on any atom is 0.281 e. The van der Waals surface area contributed by atoms with Crippen molar-refractivity contribution in [3.05, 3.63) is 58.2 Å². The molecule has 0 amide bonds. The van der Waals surface area contributed by atoms with E-state index in [1.54, 1.807) is 12.2 Å². The van der Waals surface area contributed by atoms with E-state index in [2.05, 4.69) is 0 Å². The topological polar surface area (TPSA) is 105 Å². The van der Waals surface area contributed by atoms with Gasteiger partial charge in [-0.25, -0.2) is 0 Å². The number of aromatic hydroxyl groups is 2. The SMILES string of the molecule is CC(C)=CCc1c2c(c(O)c3c1OC1Oc4cc(O)ccc4C1(O)C3=O)C=CC(C)(C)O2. The molecule has 0 aromatic heterocycles. The van der Waals surface area contributed by atoms with Crippen molar-refractivity contribution < 1.29 is 34.3 Å². The van der Waals surface area contributed by atoms with Crippen LogP contribution in [0.1, 0.15) is 54.7 Å². The number of ketones is 1. The molecule has 2 atom stereocenters. The first-order valence-electron chi connectivity index (χ1n) is 10.4. The number of hydrogen-bond donors (Lipinski definition) is 3. The molecule has 3 aliphatic rings. The van der Waals surface area contributed by atoms with E-state index in [1.807, 2.05) is 33.8 Å². The molecule has 3 aliphatic heterocycles. The lowest BCUT2D eigenvalue weighted by Crippen LogP contribution is -2.52. The van der Waals surface area contributed by atoms with Gasteiger partial charge in [-0.15, -0.1) is 0 Å². The van der Waals surface area contributed by atoms with Crippen molar-refractivity contribution in [1.82, 2.24) is 0 Å². The first kappa shape index (κ1) is 20.5. The second-order valence-corrected chi connectivity index (χ2v) is 9.14. The highest BCUT2D eigenvalue weighted by atomic mass is 16.7. The monoisotopic (exact) mass is 436 g/mol. The highest BCUT2D eigenvalue weighted by Crippen LogP contribution is 2.55. The number of fused-ring (bicyclic) bond motifs is 5. The van der Waals surface area contributed by atoms with Crippen molar-refractivity contribution in [3.63, 3.8) is 0 Å². The van der Waals surface area contributed by atoms with E-state index in [-0.39, 0.29) is 34.1 Å². The zero-order chi connectivity index (χ0) is 23.0. The third-order valence-electron chi connectivity index (χ3n) is 5.99. The minimum absolute atomic E-state index is 0.0701. The molecule has 0 saturated carbocycles. The lowest BCUT2D eigenvalue weighted by atomic mass is 9.81. The number of aliphatic hydroxyl groups is 1. The molecule has 0 radical (unpaired) electrons. The fraction of sp³-hybridized carbons (Fsp3) is 0.320. The maximum atomic E-state index is 13.7. The van der Waals surface area contributed by atoms with Crippen LogP contribution in [0, 0.1) is 0 Å². The minimum atomic E-state index is -2.16. The zero-order valence-electron chi connectivity index (χ0n) is 18.2. The van der Waals surface area contributed by atoms with Crippen molar-refractivity contribution in [1.29, 1.82) is 0 Å². The molecule has 2 aromatic carbocycles. The van der Waals surface area contributed by atoms with Gasteiger partial charge in [-0.3, -0.25) is 4.79 Å². The number of carbonyl (C=O) groups excluding carboxylic acids is 1. The summed E-state index contributed by atoms with van der Waals surface area (Å²) in [5.41, 5.74) is -0.708. The van der Waals surface area contributed by atoms with Gasteiger partial charge >= 0.3 is 0 Å². The summed E-state index contributed by atoms with van der Waals surface area (Å²) in [5.74, 6) is -0.415. The molecule has 3 N–H and O–H groups in total. The predicted octanol–water partition coefficient (Wildman–Crippen LogP) is 3.97. The molecule has 0 fully saturated rings. The summed E-state index contributed by atoms with van der Waals surface area (Å²) < 4.78 is 18.0. The van der Waals surface area contributed by atoms with Crippen LogP contribution in [-0.4, -0.2) is 33.0 Å². The van der Waals surface area contributed by atoms with Gasteiger partial charge in [0, 0.05) is 17.2 Å². The summed E-state index contributed by atoms with van der Waals surface area (Å²) in [4.78, 5) is 13.7. The fourth-order valence-electron chi connectivity index (χ4n) is 4.34. The number of Topliss-reactive ketones (excluding diaryl/α,β-unsaturated/α-hetero) is 1. The van der Waals surface area contributed by atoms with Crippen LogP contribution in [0.25, 0.3) is 6.08 Å². The normalized spacial score (nSPS) is 23.7. The minimum Gasteiger partial charge on any atom is -0.508 e. The van der Waals surface area contributed by atoms with E-state index in [0.29, 0.717) is 23.3 Å². The third kappa shape index (κ3) is 2.74. The Bertz CT molecular complexity index is 1230. The molecule has 7 nitrogen and oxygen atoms in total. The summed E-state index contributed by atoms with van der Waals surface area (Å²) in [6.45, 7) is 7.69. The van der Waals surface area contributed by atoms with Crippen molar-refractivity contribution >= 4 is 11.9 Å².